The van der Waals surface area contributed by atoms with Crippen molar-refractivity contribution in [2.24, 2.45) is 11.5 Å². The van der Waals surface area contributed by atoms with Crippen LogP contribution in [0.15, 0.2) is 24.3 Å². The average molecular weight is 251 g/mol. The summed E-state index contributed by atoms with van der Waals surface area (Å²) in [6.07, 6.45) is -0.629. The van der Waals surface area contributed by atoms with Gasteiger partial charge in [0.1, 0.15) is 5.75 Å². The number of carbonyl (C=O) groups excluding carboxylic acids is 2. The standard InChI is InChI=1S/C12H17N3O3/c1-8(12(17)15-7-6-13)18-10-4-2-9(3-5-10)11(14)16/h2-5,8H,6-7,13H2,1H3,(H2,14,16)(H,15,17). The Morgan fingerprint density at radius 1 is 1.33 bits per heavy atom. The van der Waals surface area contributed by atoms with Crippen LogP contribution in [0.5, 0.6) is 5.75 Å². The lowest BCUT2D eigenvalue weighted by Crippen LogP contribution is -2.38. The number of primary amides is 1. The first-order valence-electron chi connectivity index (χ1n) is 5.59. The lowest BCUT2D eigenvalue weighted by molar-refractivity contribution is -0.127. The quantitative estimate of drug-likeness (QED) is 0.641. The summed E-state index contributed by atoms with van der Waals surface area (Å²) in [7, 11) is 0. The number of nitrogens with one attached hydrogen (secondary N) is 1. The minimum atomic E-state index is -0.629. The molecule has 6 heteroatoms. The number of ether oxygens (including phenoxy) is 1. The van der Waals surface area contributed by atoms with E-state index in [9.17, 15) is 9.59 Å². The van der Waals surface area contributed by atoms with Crippen molar-refractivity contribution >= 4 is 11.8 Å². The number of amides is 2. The van der Waals surface area contributed by atoms with Crippen LogP contribution in [0.3, 0.4) is 0 Å². The Labute approximate surface area is 105 Å². The molecule has 0 aliphatic rings. The molecule has 6 nitrogen and oxygen atoms in total. The summed E-state index contributed by atoms with van der Waals surface area (Å²) >= 11 is 0. The fourth-order valence-electron chi connectivity index (χ4n) is 1.29. The van der Waals surface area contributed by atoms with E-state index in [-0.39, 0.29) is 5.91 Å². The maximum atomic E-state index is 11.5. The highest BCUT2D eigenvalue weighted by atomic mass is 16.5. The van der Waals surface area contributed by atoms with Gasteiger partial charge in [-0.15, -0.1) is 0 Å². The molecule has 0 aliphatic heterocycles. The lowest BCUT2D eigenvalue weighted by Gasteiger charge is -2.14. The third kappa shape index (κ3) is 4.06. The van der Waals surface area contributed by atoms with E-state index in [1.165, 1.54) is 0 Å². The molecule has 0 aliphatic carbocycles. The number of nitrogens with two attached hydrogens (primary N) is 2. The molecule has 0 heterocycles. The van der Waals surface area contributed by atoms with E-state index < -0.39 is 12.0 Å². The molecule has 1 aromatic carbocycles. The summed E-state index contributed by atoms with van der Waals surface area (Å²) < 4.78 is 5.40. The van der Waals surface area contributed by atoms with E-state index in [1.54, 1.807) is 31.2 Å². The van der Waals surface area contributed by atoms with Crippen molar-refractivity contribution in [1.29, 1.82) is 0 Å². The van der Waals surface area contributed by atoms with Crippen molar-refractivity contribution < 1.29 is 14.3 Å². The molecule has 0 aromatic heterocycles. The minimum absolute atomic E-state index is 0.237. The van der Waals surface area contributed by atoms with Gasteiger partial charge in [-0.25, -0.2) is 0 Å². The molecule has 1 atom stereocenters. The molecular weight excluding hydrogens is 234 g/mol. The third-order valence-electron chi connectivity index (χ3n) is 2.26. The first kappa shape index (κ1) is 14.0. The zero-order chi connectivity index (χ0) is 13.5. The molecular formula is C12H17N3O3. The molecule has 2 amide bonds. The number of benzene rings is 1. The summed E-state index contributed by atoms with van der Waals surface area (Å²) in [6, 6.07) is 6.27. The molecule has 1 aromatic rings. The predicted octanol–water partition coefficient (Wildman–Crippen LogP) is -0.372. The summed E-state index contributed by atoms with van der Waals surface area (Å²) in [5, 5.41) is 2.62. The van der Waals surface area contributed by atoms with Gasteiger partial charge in [-0.2, -0.15) is 0 Å². The third-order valence-corrected chi connectivity index (χ3v) is 2.26. The van der Waals surface area contributed by atoms with Crippen molar-refractivity contribution in [1.82, 2.24) is 5.32 Å². The van der Waals surface area contributed by atoms with Gasteiger partial charge >= 0.3 is 0 Å². The van der Waals surface area contributed by atoms with Crippen LogP contribution in [0.25, 0.3) is 0 Å². The average Bonchev–Trinajstić information content (AvgIpc) is 2.36. The van der Waals surface area contributed by atoms with Crippen LogP contribution in [0.1, 0.15) is 17.3 Å². The number of carbonyl (C=O) groups is 2. The normalized spacial score (nSPS) is 11.7. The fraction of sp³-hybridized carbons (Fsp3) is 0.333. The highest BCUT2D eigenvalue weighted by Gasteiger charge is 2.13. The zero-order valence-electron chi connectivity index (χ0n) is 10.2. The Morgan fingerprint density at radius 2 is 1.94 bits per heavy atom. The SMILES string of the molecule is CC(Oc1ccc(C(N)=O)cc1)C(=O)NCCN. The topological polar surface area (TPSA) is 107 Å². The van der Waals surface area contributed by atoms with Gasteiger partial charge in [-0.05, 0) is 31.2 Å². The van der Waals surface area contributed by atoms with Crippen LogP contribution in [0.4, 0.5) is 0 Å². The Morgan fingerprint density at radius 3 is 2.44 bits per heavy atom. The molecule has 0 bridgehead atoms. The van der Waals surface area contributed by atoms with Crippen LogP contribution in [-0.4, -0.2) is 31.0 Å². The van der Waals surface area contributed by atoms with E-state index in [2.05, 4.69) is 5.32 Å². The second-order valence-corrected chi connectivity index (χ2v) is 3.73. The molecule has 98 valence electrons. The van der Waals surface area contributed by atoms with Gasteiger partial charge in [-0.1, -0.05) is 0 Å². The Kier molecular flexibility index (Phi) is 5.13. The van der Waals surface area contributed by atoms with Gasteiger partial charge in [0.05, 0.1) is 0 Å². The summed E-state index contributed by atoms with van der Waals surface area (Å²) in [5.41, 5.74) is 10.8. The largest absolute Gasteiger partial charge is 0.481 e. The van der Waals surface area contributed by atoms with Crippen LogP contribution in [-0.2, 0) is 4.79 Å². The maximum absolute atomic E-state index is 11.5. The van der Waals surface area contributed by atoms with Gasteiger partial charge in [0.2, 0.25) is 5.91 Å². The van der Waals surface area contributed by atoms with Gasteiger partial charge in [-0.3, -0.25) is 9.59 Å². The molecule has 0 saturated carbocycles. The minimum Gasteiger partial charge on any atom is -0.481 e. The van der Waals surface area contributed by atoms with E-state index in [0.29, 0.717) is 24.4 Å². The fourth-order valence-corrected chi connectivity index (χ4v) is 1.29. The van der Waals surface area contributed by atoms with Crippen LogP contribution < -0.4 is 21.5 Å². The Hall–Kier alpha value is -2.08. The molecule has 0 saturated heterocycles. The molecule has 0 radical (unpaired) electrons. The Bertz CT molecular complexity index is 417. The number of rotatable bonds is 6. The van der Waals surface area contributed by atoms with E-state index >= 15 is 0 Å². The first-order chi connectivity index (χ1) is 8.54. The van der Waals surface area contributed by atoms with E-state index in [0.717, 1.165) is 0 Å². The van der Waals surface area contributed by atoms with Crippen molar-refractivity contribution in [2.75, 3.05) is 13.1 Å². The van der Waals surface area contributed by atoms with E-state index in [1.807, 2.05) is 0 Å². The van der Waals surface area contributed by atoms with Crippen LogP contribution in [0, 0.1) is 0 Å². The summed E-state index contributed by atoms with van der Waals surface area (Å²) in [6.45, 7) is 2.42. The van der Waals surface area contributed by atoms with Gasteiger partial charge in [0, 0.05) is 18.7 Å². The molecule has 5 N–H and O–H groups in total. The monoisotopic (exact) mass is 251 g/mol. The second kappa shape index (κ2) is 6.61. The molecule has 1 unspecified atom stereocenters. The molecule has 1 rings (SSSR count). The predicted molar refractivity (Wildman–Crippen MR) is 67.1 cm³/mol. The van der Waals surface area contributed by atoms with Gasteiger partial charge in [0.15, 0.2) is 6.10 Å². The summed E-state index contributed by atoms with van der Waals surface area (Å²) in [5.74, 6) is -0.245. The van der Waals surface area contributed by atoms with Crippen LogP contribution >= 0.6 is 0 Å². The van der Waals surface area contributed by atoms with E-state index in [4.69, 9.17) is 16.2 Å². The van der Waals surface area contributed by atoms with Crippen molar-refractivity contribution in [3.63, 3.8) is 0 Å². The summed E-state index contributed by atoms with van der Waals surface area (Å²) in [4.78, 5) is 22.4. The number of hydrogen-bond donors (Lipinski definition) is 3. The zero-order valence-corrected chi connectivity index (χ0v) is 10.2. The van der Waals surface area contributed by atoms with Gasteiger partial charge < -0.3 is 21.5 Å². The highest BCUT2D eigenvalue weighted by molar-refractivity contribution is 5.92. The van der Waals surface area contributed by atoms with Crippen LogP contribution in [0.2, 0.25) is 0 Å². The maximum Gasteiger partial charge on any atom is 0.260 e. The molecule has 0 spiro atoms. The lowest BCUT2D eigenvalue weighted by atomic mass is 10.2. The van der Waals surface area contributed by atoms with Crippen molar-refractivity contribution in [3.05, 3.63) is 29.8 Å². The second-order valence-electron chi connectivity index (χ2n) is 3.73. The van der Waals surface area contributed by atoms with Crippen molar-refractivity contribution in [3.8, 4) is 5.75 Å². The van der Waals surface area contributed by atoms with Crippen molar-refractivity contribution in [2.45, 2.75) is 13.0 Å². The van der Waals surface area contributed by atoms with Gasteiger partial charge in [0.25, 0.3) is 5.91 Å². The smallest absolute Gasteiger partial charge is 0.260 e. The highest BCUT2D eigenvalue weighted by Crippen LogP contribution is 2.13. The number of hydrogen-bond acceptors (Lipinski definition) is 4. The molecule has 18 heavy (non-hydrogen) atoms. The Balaban J connectivity index is 2.56. The first-order valence-corrected chi connectivity index (χ1v) is 5.59. The molecule has 0 fully saturated rings.